The highest BCUT2D eigenvalue weighted by Gasteiger charge is 2.41. The number of nitrogen functional groups attached to an aromatic ring is 1. The van der Waals surface area contributed by atoms with E-state index in [1.165, 1.54) is 4.90 Å². The maximum Gasteiger partial charge on any atom is 0.413 e. The number of amides is 2. The normalized spacial score (nSPS) is 19.4. The molecule has 0 spiro atoms. The van der Waals surface area contributed by atoms with E-state index < -0.39 is 11.7 Å². The maximum absolute atomic E-state index is 12.5. The molecule has 0 aliphatic carbocycles. The van der Waals surface area contributed by atoms with Crippen molar-refractivity contribution in [1.29, 1.82) is 0 Å². The first-order valence-electron chi connectivity index (χ1n) is 10.9. The quantitative estimate of drug-likeness (QED) is 0.533. The predicted octanol–water partition coefficient (Wildman–Crippen LogP) is 2.56. The minimum absolute atomic E-state index is 0.0663. The first kappa shape index (κ1) is 21.7. The summed E-state index contributed by atoms with van der Waals surface area (Å²) in [5.74, 6) is 1.11. The number of pyridine rings is 3. The Balaban J connectivity index is 1.42. The van der Waals surface area contributed by atoms with Crippen LogP contribution in [0.25, 0.3) is 22.0 Å². The summed E-state index contributed by atoms with van der Waals surface area (Å²) < 4.78 is 11.1. The number of carbonyl (C=O) groups excluding carboxylic acids is 2. The highest BCUT2D eigenvalue weighted by Crippen LogP contribution is 2.36. The molecule has 11 heteroatoms. The van der Waals surface area contributed by atoms with Crippen molar-refractivity contribution >= 4 is 40.1 Å². The Bertz CT molecular complexity index is 1330. The molecule has 0 saturated carbocycles. The summed E-state index contributed by atoms with van der Waals surface area (Å²) >= 11 is 0. The SMILES string of the molecule is Cc1c(-c2cc3cc(NC(=O)O[C@]4(C)CC(=O)N(C)C4)ncc3c(N)n2)cnc2c1NCCO2. The van der Waals surface area contributed by atoms with E-state index in [0.717, 1.165) is 22.2 Å². The zero-order valence-corrected chi connectivity index (χ0v) is 19.1. The van der Waals surface area contributed by atoms with Crippen LogP contribution in [0.15, 0.2) is 24.5 Å². The monoisotopic (exact) mass is 463 g/mol. The van der Waals surface area contributed by atoms with Crippen molar-refractivity contribution in [3.05, 3.63) is 30.1 Å². The zero-order chi connectivity index (χ0) is 24.0. The van der Waals surface area contributed by atoms with Gasteiger partial charge in [-0.05, 0) is 36.9 Å². The van der Waals surface area contributed by atoms with Crippen LogP contribution >= 0.6 is 0 Å². The Morgan fingerprint density at radius 2 is 2.15 bits per heavy atom. The molecule has 0 bridgehead atoms. The fourth-order valence-electron chi connectivity index (χ4n) is 4.38. The molecule has 4 N–H and O–H groups in total. The maximum atomic E-state index is 12.5. The summed E-state index contributed by atoms with van der Waals surface area (Å²) in [7, 11) is 1.68. The number of carbonyl (C=O) groups is 2. The molecular weight excluding hydrogens is 438 g/mol. The van der Waals surface area contributed by atoms with E-state index in [1.54, 1.807) is 32.4 Å². The number of fused-ring (bicyclic) bond motifs is 2. The third kappa shape index (κ3) is 3.89. The van der Waals surface area contributed by atoms with Crippen molar-refractivity contribution in [1.82, 2.24) is 19.9 Å². The number of likely N-dealkylation sites (N-methyl/N-ethyl adjacent to an activating group) is 1. The van der Waals surface area contributed by atoms with Gasteiger partial charge >= 0.3 is 6.09 Å². The Hall–Kier alpha value is -4.15. The molecule has 34 heavy (non-hydrogen) atoms. The smallest absolute Gasteiger partial charge is 0.413 e. The van der Waals surface area contributed by atoms with E-state index in [2.05, 4.69) is 25.6 Å². The van der Waals surface area contributed by atoms with Crippen molar-refractivity contribution in [3.8, 4) is 17.1 Å². The van der Waals surface area contributed by atoms with Crippen LogP contribution in [0.1, 0.15) is 18.9 Å². The molecule has 176 valence electrons. The van der Waals surface area contributed by atoms with Crippen LogP contribution in [-0.2, 0) is 9.53 Å². The van der Waals surface area contributed by atoms with E-state index in [9.17, 15) is 9.59 Å². The van der Waals surface area contributed by atoms with Crippen molar-refractivity contribution in [2.45, 2.75) is 25.9 Å². The third-order valence-electron chi connectivity index (χ3n) is 6.06. The molecule has 3 aromatic rings. The van der Waals surface area contributed by atoms with Crippen LogP contribution in [-0.4, -0.2) is 64.2 Å². The van der Waals surface area contributed by atoms with Gasteiger partial charge in [0.1, 0.15) is 29.5 Å². The summed E-state index contributed by atoms with van der Waals surface area (Å²) in [6.07, 6.45) is 2.73. The lowest BCUT2D eigenvalue weighted by Crippen LogP contribution is -2.36. The number of nitrogens with two attached hydrogens (primary N) is 1. The average Bonchev–Trinajstić information content (AvgIpc) is 3.04. The van der Waals surface area contributed by atoms with Gasteiger partial charge in [-0.25, -0.2) is 19.7 Å². The fourth-order valence-corrected chi connectivity index (χ4v) is 4.38. The average molecular weight is 463 g/mol. The number of nitrogens with one attached hydrogen (secondary N) is 2. The summed E-state index contributed by atoms with van der Waals surface area (Å²) in [5, 5.41) is 7.37. The fraction of sp³-hybridized carbons (Fsp3) is 0.348. The Morgan fingerprint density at radius 3 is 2.91 bits per heavy atom. The van der Waals surface area contributed by atoms with Crippen molar-refractivity contribution < 1.29 is 19.1 Å². The molecule has 2 amide bonds. The Labute approximate surface area is 195 Å². The zero-order valence-electron chi connectivity index (χ0n) is 19.1. The molecular formula is C23H25N7O4. The van der Waals surface area contributed by atoms with Crippen LogP contribution in [0, 0.1) is 6.92 Å². The van der Waals surface area contributed by atoms with E-state index in [4.69, 9.17) is 15.2 Å². The summed E-state index contributed by atoms with van der Waals surface area (Å²) in [4.78, 5) is 39.1. The first-order valence-corrected chi connectivity index (χ1v) is 10.9. The summed E-state index contributed by atoms with van der Waals surface area (Å²) in [6.45, 7) is 5.31. The second-order valence-electron chi connectivity index (χ2n) is 8.83. The van der Waals surface area contributed by atoms with E-state index in [0.29, 0.717) is 48.3 Å². The van der Waals surface area contributed by atoms with Gasteiger partial charge in [-0.3, -0.25) is 10.1 Å². The van der Waals surface area contributed by atoms with Crippen molar-refractivity contribution in [3.63, 3.8) is 0 Å². The predicted molar refractivity (Wildman–Crippen MR) is 127 cm³/mol. The first-order chi connectivity index (χ1) is 16.2. The summed E-state index contributed by atoms with van der Waals surface area (Å²) in [5.41, 5.74) is 8.60. The molecule has 2 aliphatic heterocycles. The van der Waals surface area contributed by atoms with Crippen LogP contribution in [0.5, 0.6) is 5.88 Å². The molecule has 2 aliphatic rings. The Morgan fingerprint density at radius 1 is 1.32 bits per heavy atom. The highest BCUT2D eigenvalue weighted by molar-refractivity contribution is 5.96. The number of hydrogen-bond acceptors (Lipinski definition) is 9. The number of ether oxygens (including phenoxy) is 2. The van der Waals surface area contributed by atoms with E-state index in [-0.39, 0.29) is 12.3 Å². The number of aromatic nitrogens is 3. The highest BCUT2D eigenvalue weighted by atomic mass is 16.6. The molecule has 11 nitrogen and oxygen atoms in total. The molecule has 1 atom stereocenters. The molecule has 0 unspecified atom stereocenters. The van der Waals surface area contributed by atoms with Gasteiger partial charge in [0.2, 0.25) is 11.8 Å². The Kier molecular flexibility index (Phi) is 5.11. The van der Waals surface area contributed by atoms with Crippen LogP contribution in [0.4, 0.5) is 22.1 Å². The molecule has 1 fully saturated rings. The minimum atomic E-state index is -0.886. The van der Waals surface area contributed by atoms with Crippen LogP contribution in [0.3, 0.4) is 0 Å². The lowest BCUT2D eigenvalue weighted by Gasteiger charge is -2.23. The number of rotatable bonds is 3. The van der Waals surface area contributed by atoms with E-state index in [1.807, 2.05) is 13.0 Å². The minimum Gasteiger partial charge on any atom is -0.474 e. The standard InChI is InChI=1S/C23H25N7O4/c1-12-14(9-27-21-19(12)25-4-5-33-21)16-6-13-7-17(26-10-15(13)20(24)28-16)29-22(32)34-23(2)8-18(31)30(3)11-23/h6-7,9-10,25H,4-5,8,11H2,1-3H3,(H2,24,28)(H,26,29,32)/t23-/m1/s1. The second kappa shape index (κ2) is 8.01. The topological polar surface area (TPSA) is 145 Å². The third-order valence-corrected chi connectivity index (χ3v) is 6.06. The molecule has 5 heterocycles. The number of hydrogen-bond donors (Lipinski definition) is 3. The molecule has 0 radical (unpaired) electrons. The number of nitrogens with zero attached hydrogens (tertiary/aromatic N) is 4. The van der Waals surface area contributed by atoms with Crippen LogP contribution in [0.2, 0.25) is 0 Å². The summed E-state index contributed by atoms with van der Waals surface area (Å²) in [6, 6.07) is 3.57. The van der Waals surface area contributed by atoms with Crippen molar-refractivity contribution in [2.24, 2.45) is 0 Å². The van der Waals surface area contributed by atoms with Gasteiger partial charge in [-0.2, -0.15) is 0 Å². The largest absolute Gasteiger partial charge is 0.474 e. The van der Waals surface area contributed by atoms with Gasteiger partial charge in [-0.1, -0.05) is 0 Å². The molecule has 1 saturated heterocycles. The molecule has 5 rings (SSSR count). The van der Waals surface area contributed by atoms with E-state index >= 15 is 0 Å². The van der Waals surface area contributed by atoms with Gasteiger partial charge in [0.25, 0.3) is 0 Å². The van der Waals surface area contributed by atoms with Gasteiger partial charge < -0.3 is 25.4 Å². The molecule has 0 aromatic carbocycles. The number of likely N-dealkylation sites (tertiary alicyclic amines) is 1. The van der Waals surface area contributed by atoms with Crippen molar-refractivity contribution in [2.75, 3.05) is 43.1 Å². The van der Waals surface area contributed by atoms with Gasteiger partial charge in [0.15, 0.2) is 0 Å². The van der Waals surface area contributed by atoms with Gasteiger partial charge in [0.05, 0.1) is 18.7 Å². The van der Waals surface area contributed by atoms with Gasteiger partial charge in [-0.15, -0.1) is 0 Å². The molecule has 3 aromatic heterocycles. The number of anilines is 3. The van der Waals surface area contributed by atoms with Gasteiger partial charge in [0, 0.05) is 36.9 Å². The van der Waals surface area contributed by atoms with Crippen LogP contribution < -0.4 is 21.1 Å². The second-order valence-corrected chi connectivity index (χ2v) is 8.83. The lowest BCUT2D eigenvalue weighted by molar-refractivity contribution is -0.126. The lowest BCUT2D eigenvalue weighted by atomic mass is 10.0.